The molecule has 20 heavy (non-hydrogen) atoms. The Kier molecular flexibility index (Phi) is 3.98. The number of nitrogens with one attached hydrogen (secondary N) is 1. The van der Waals surface area contributed by atoms with Crippen LogP contribution in [0.15, 0.2) is 30.5 Å². The minimum Gasteiger partial charge on any atom is -0.318 e. The summed E-state index contributed by atoms with van der Waals surface area (Å²) in [6, 6.07) is 7.27. The lowest BCUT2D eigenvalue weighted by atomic mass is 10.3. The molecular weight excluding hydrogens is 273 g/mol. The summed E-state index contributed by atoms with van der Waals surface area (Å²) in [7, 11) is 0. The van der Waals surface area contributed by atoms with Gasteiger partial charge in [-0.2, -0.15) is 0 Å². The summed E-state index contributed by atoms with van der Waals surface area (Å²) >= 11 is 1.69. The first-order valence-corrected chi connectivity index (χ1v) is 7.79. The van der Waals surface area contributed by atoms with Gasteiger partial charge in [-0.1, -0.05) is 0 Å². The quantitative estimate of drug-likeness (QED) is 0.879. The summed E-state index contributed by atoms with van der Waals surface area (Å²) in [5.41, 5.74) is 0.977. The second-order valence-electron chi connectivity index (χ2n) is 4.98. The molecule has 5 heteroatoms. The first-order chi connectivity index (χ1) is 9.76. The van der Waals surface area contributed by atoms with Crippen molar-refractivity contribution < 1.29 is 4.39 Å². The van der Waals surface area contributed by atoms with Gasteiger partial charge in [0.05, 0.1) is 0 Å². The second-order valence-corrected chi connectivity index (χ2v) is 6.08. The van der Waals surface area contributed by atoms with Crippen molar-refractivity contribution in [1.82, 2.24) is 10.3 Å². The van der Waals surface area contributed by atoms with Gasteiger partial charge in [0, 0.05) is 35.9 Å². The Morgan fingerprint density at radius 2 is 2.10 bits per heavy atom. The van der Waals surface area contributed by atoms with E-state index >= 15 is 0 Å². The van der Waals surface area contributed by atoms with Gasteiger partial charge in [-0.25, -0.2) is 9.37 Å². The molecule has 0 saturated heterocycles. The zero-order valence-electron chi connectivity index (χ0n) is 11.5. The third kappa shape index (κ3) is 3.16. The van der Waals surface area contributed by atoms with E-state index in [1.807, 2.05) is 6.20 Å². The fraction of sp³-hybridized carbons (Fsp3) is 0.400. The largest absolute Gasteiger partial charge is 0.318 e. The predicted molar refractivity (Wildman–Crippen MR) is 81.1 cm³/mol. The van der Waals surface area contributed by atoms with Crippen molar-refractivity contribution in [2.24, 2.45) is 0 Å². The number of thiazole rings is 1. The van der Waals surface area contributed by atoms with Gasteiger partial charge in [0.2, 0.25) is 0 Å². The van der Waals surface area contributed by atoms with Gasteiger partial charge in [-0.3, -0.25) is 0 Å². The van der Waals surface area contributed by atoms with E-state index in [4.69, 9.17) is 0 Å². The molecule has 3 nitrogen and oxygen atoms in total. The third-order valence-corrected chi connectivity index (χ3v) is 4.39. The lowest BCUT2D eigenvalue weighted by Crippen LogP contribution is -2.15. The Morgan fingerprint density at radius 1 is 1.35 bits per heavy atom. The highest BCUT2D eigenvalue weighted by Gasteiger charge is 2.20. The van der Waals surface area contributed by atoms with Crippen LogP contribution in [0, 0.1) is 5.82 Å². The smallest absolute Gasteiger partial charge is 0.190 e. The highest BCUT2D eigenvalue weighted by molar-refractivity contribution is 7.15. The molecule has 0 radical (unpaired) electrons. The average molecular weight is 291 g/mol. The molecule has 0 atom stereocenters. The molecule has 0 amide bonds. The predicted octanol–water partition coefficient (Wildman–Crippen LogP) is 3.69. The number of aromatic nitrogens is 1. The van der Waals surface area contributed by atoms with Crippen molar-refractivity contribution in [3.05, 3.63) is 41.2 Å². The number of halogens is 1. The van der Waals surface area contributed by atoms with Crippen LogP contribution in [0.4, 0.5) is 15.2 Å². The molecule has 0 bridgehead atoms. The molecule has 1 aromatic carbocycles. The van der Waals surface area contributed by atoms with Crippen molar-refractivity contribution in [3.63, 3.8) is 0 Å². The van der Waals surface area contributed by atoms with Crippen LogP contribution < -0.4 is 10.2 Å². The second kappa shape index (κ2) is 5.89. The van der Waals surface area contributed by atoms with Gasteiger partial charge in [0.1, 0.15) is 5.82 Å². The summed E-state index contributed by atoms with van der Waals surface area (Å²) < 4.78 is 13.0. The van der Waals surface area contributed by atoms with Crippen LogP contribution in [0.25, 0.3) is 0 Å². The SMILES string of the molecule is CCN(c1ccc(F)cc1)c1ncc(CNC2CC2)s1. The summed E-state index contributed by atoms with van der Waals surface area (Å²) in [6.07, 6.45) is 4.52. The number of hydrogen-bond acceptors (Lipinski definition) is 4. The molecule has 1 fully saturated rings. The first-order valence-electron chi connectivity index (χ1n) is 6.97. The minimum absolute atomic E-state index is 0.210. The highest BCUT2D eigenvalue weighted by atomic mass is 32.1. The molecule has 0 aliphatic heterocycles. The number of hydrogen-bond donors (Lipinski definition) is 1. The maximum atomic E-state index is 13.0. The van der Waals surface area contributed by atoms with E-state index < -0.39 is 0 Å². The number of benzene rings is 1. The Morgan fingerprint density at radius 3 is 2.75 bits per heavy atom. The normalized spacial score (nSPS) is 14.5. The Hall–Kier alpha value is -1.46. The maximum absolute atomic E-state index is 13.0. The van der Waals surface area contributed by atoms with Crippen molar-refractivity contribution >= 4 is 22.2 Å². The van der Waals surface area contributed by atoms with E-state index in [1.165, 1.54) is 29.9 Å². The van der Waals surface area contributed by atoms with Crippen molar-refractivity contribution in [2.75, 3.05) is 11.4 Å². The van der Waals surface area contributed by atoms with E-state index in [1.54, 1.807) is 23.5 Å². The molecule has 0 unspecified atom stereocenters. The van der Waals surface area contributed by atoms with Crippen LogP contribution in [0.1, 0.15) is 24.6 Å². The molecular formula is C15H18FN3S. The monoisotopic (exact) mass is 291 g/mol. The zero-order chi connectivity index (χ0) is 13.9. The summed E-state index contributed by atoms with van der Waals surface area (Å²) in [6.45, 7) is 3.78. The van der Waals surface area contributed by atoms with Crippen LogP contribution in [-0.2, 0) is 6.54 Å². The molecule has 1 heterocycles. The topological polar surface area (TPSA) is 28.2 Å². The van der Waals surface area contributed by atoms with Crippen LogP contribution in [0.3, 0.4) is 0 Å². The Labute approximate surface area is 122 Å². The van der Waals surface area contributed by atoms with Crippen molar-refractivity contribution in [1.29, 1.82) is 0 Å². The molecule has 106 valence electrons. The van der Waals surface area contributed by atoms with E-state index in [0.29, 0.717) is 6.04 Å². The number of anilines is 2. The third-order valence-electron chi connectivity index (χ3n) is 3.37. The minimum atomic E-state index is -0.210. The summed E-state index contributed by atoms with van der Waals surface area (Å²) in [4.78, 5) is 7.84. The van der Waals surface area contributed by atoms with Crippen LogP contribution in [0.5, 0.6) is 0 Å². The molecule has 1 aromatic heterocycles. The van der Waals surface area contributed by atoms with E-state index in [2.05, 4.69) is 22.1 Å². The first kappa shape index (κ1) is 13.5. The van der Waals surface area contributed by atoms with Gasteiger partial charge >= 0.3 is 0 Å². The molecule has 1 N–H and O–H groups in total. The highest BCUT2D eigenvalue weighted by Crippen LogP contribution is 2.30. The molecule has 1 aliphatic carbocycles. The van der Waals surface area contributed by atoms with Gasteiger partial charge < -0.3 is 10.2 Å². The number of rotatable bonds is 6. The maximum Gasteiger partial charge on any atom is 0.190 e. The Bertz CT molecular complexity index is 563. The van der Waals surface area contributed by atoms with Crippen LogP contribution >= 0.6 is 11.3 Å². The van der Waals surface area contributed by atoms with E-state index in [9.17, 15) is 4.39 Å². The summed E-state index contributed by atoms with van der Waals surface area (Å²) in [5.74, 6) is -0.210. The van der Waals surface area contributed by atoms with Gasteiger partial charge in [0.25, 0.3) is 0 Å². The fourth-order valence-corrected chi connectivity index (χ4v) is 3.03. The zero-order valence-corrected chi connectivity index (χ0v) is 12.3. The van der Waals surface area contributed by atoms with Crippen molar-refractivity contribution in [2.45, 2.75) is 32.4 Å². The van der Waals surface area contributed by atoms with Crippen molar-refractivity contribution in [3.8, 4) is 0 Å². The lowest BCUT2D eigenvalue weighted by Gasteiger charge is -2.19. The molecule has 3 rings (SSSR count). The number of nitrogens with zero attached hydrogens (tertiary/aromatic N) is 2. The van der Waals surface area contributed by atoms with Crippen LogP contribution in [0.2, 0.25) is 0 Å². The fourth-order valence-electron chi connectivity index (χ4n) is 2.09. The molecule has 2 aromatic rings. The lowest BCUT2D eigenvalue weighted by molar-refractivity contribution is 0.628. The standard InChI is InChI=1S/C15H18FN3S/c1-2-19(13-7-3-11(16)4-8-13)15-18-10-14(20-15)9-17-12-5-6-12/h3-4,7-8,10,12,17H,2,5-6,9H2,1H3. The van der Waals surface area contributed by atoms with Crippen LogP contribution in [-0.4, -0.2) is 17.6 Å². The molecule has 1 aliphatic rings. The Balaban J connectivity index is 1.72. The van der Waals surface area contributed by atoms with Gasteiger partial charge in [-0.05, 0) is 44.0 Å². The summed E-state index contributed by atoms with van der Waals surface area (Å²) in [5, 5.41) is 4.46. The van der Waals surface area contributed by atoms with Gasteiger partial charge in [0.15, 0.2) is 5.13 Å². The average Bonchev–Trinajstić information content (AvgIpc) is 3.18. The molecule has 1 saturated carbocycles. The van der Waals surface area contributed by atoms with E-state index in [0.717, 1.165) is 23.9 Å². The molecule has 0 spiro atoms. The van der Waals surface area contributed by atoms with E-state index in [-0.39, 0.29) is 5.82 Å². The van der Waals surface area contributed by atoms with Gasteiger partial charge in [-0.15, -0.1) is 11.3 Å².